The molecule has 10 heavy (non-hydrogen) atoms. The van der Waals surface area contributed by atoms with E-state index < -0.39 is 5.92 Å². The predicted molar refractivity (Wildman–Crippen MR) is 39.8 cm³/mol. The van der Waals surface area contributed by atoms with Gasteiger partial charge in [0.2, 0.25) is 0 Å². The third kappa shape index (κ3) is 3.38. The van der Waals surface area contributed by atoms with Crippen LogP contribution in [0.1, 0.15) is 33.1 Å². The number of aldehydes is 1. The van der Waals surface area contributed by atoms with Gasteiger partial charge in [0.25, 0.3) is 0 Å². The van der Waals surface area contributed by atoms with Crippen molar-refractivity contribution in [2.75, 3.05) is 0 Å². The molecule has 0 bridgehead atoms. The van der Waals surface area contributed by atoms with Gasteiger partial charge in [-0.25, -0.2) is 0 Å². The molecule has 0 aromatic heterocycles. The monoisotopic (exact) mass is 142 g/mol. The largest absolute Gasteiger partial charge is 0.303 e. The standard InChI is InChI=1S/C8H14O2/c1-3-4-5-8(10)7(2)6-9/h6-7H,3-5H2,1-2H3. The smallest absolute Gasteiger partial charge is 0.142 e. The lowest BCUT2D eigenvalue weighted by Gasteiger charge is -1.99. The average Bonchev–Trinajstić information content (AvgIpc) is 1.98. The van der Waals surface area contributed by atoms with Crippen molar-refractivity contribution >= 4 is 12.1 Å². The van der Waals surface area contributed by atoms with Gasteiger partial charge in [0, 0.05) is 6.42 Å². The highest BCUT2D eigenvalue weighted by molar-refractivity contribution is 5.92. The molecule has 0 rings (SSSR count). The summed E-state index contributed by atoms with van der Waals surface area (Å²) in [6, 6.07) is 0. The fraction of sp³-hybridized carbons (Fsp3) is 0.750. The Kier molecular flexibility index (Phi) is 4.81. The fourth-order valence-corrected chi connectivity index (χ4v) is 0.655. The van der Waals surface area contributed by atoms with Gasteiger partial charge in [0.1, 0.15) is 12.1 Å². The van der Waals surface area contributed by atoms with Crippen molar-refractivity contribution in [2.24, 2.45) is 5.92 Å². The summed E-state index contributed by atoms with van der Waals surface area (Å²) in [4.78, 5) is 21.0. The Morgan fingerprint density at radius 2 is 2.20 bits per heavy atom. The van der Waals surface area contributed by atoms with Crippen molar-refractivity contribution in [2.45, 2.75) is 33.1 Å². The van der Waals surface area contributed by atoms with Crippen LogP contribution in [0.25, 0.3) is 0 Å². The van der Waals surface area contributed by atoms with Gasteiger partial charge in [-0.3, -0.25) is 4.79 Å². The molecule has 0 aliphatic heterocycles. The molecular weight excluding hydrogens is 128 g/mol. The Morgan fingerprint density at radius 3 is 2.60 bits per heavy atom. The van der Waals surface area contributed by atoms with Crippen LogP contribution in [0.3, 0.4) is 0 Å². The minimum absolute atomic E-state index is 0.0665. The van der Waals surface area contributed by atoms with Crippen LogP contribution >= 0.6 is 0 Å². The highest BCUT2D eigenvalue weighted by Crippen LogP contribution is 2.01. The van der Waals surface area contributed by atoms with Crippen LogP contribution in [0, 0.1) is 5.92 Å². The number of unbranched alkanes of at least 4 members (excludes halogenated alkanes) is 1. The Labute approximate surface area is 61.6 Å². The van der Waals surface area contributed by atoms with E-state index in [1.165, 1.54) is 0 Å². The average molecular weight is 142 g/mol. The summed E-state index contributed by atoms with van der Waals surface area (Å²) in [5, 5.41) is 0. The van der Waals surface area contributed by atoms with E-state index in [2.05, 4.69) is 0 Å². The minimum atomic E-state index is -0.397. The predicted octanol–water partition coefficient (Wildman–Crippen LogP) is 1.58. The summed E-state index contributed by atoms with van der Waals surface area (Å²) < 4.78 is 0. The molecular formula is C8H14O2. The first-order valence-corrected chi connectivity index (χ1v) is 3.70. The molecule has 0 spiro atoms. The number of hydrogen-bond acceptors (Lipinski definition) is 2. The van der Waals surface area contributed by atoms with Crippen molar-refractivity contribution in [1.29, 1.82) is 0 Å². The molecule has 0 saturated heterocycles. The summed E-state index contributed by atoms with van der Waals surface area (Å²) >= 11 is 0. The van der Waals surface area contributed by atoms with E-state index in [9.17, 15) is 9.59 Å². The number of carbonyl (C=O) groups is 2. The Bertz CT molecular complexity index is 118. The van der Waals surface area contributed by atoms with E-state index in [1.807, 2.05) is 6.92 Å². The Balaban J connectivity index is 3.51. The zero-order chi connectivity index (χ0) is 7.98. The molecule has 1 unspecified atom stereocenters. The maximum absolute atomic E-state index is 10.9. The number of rotatable bonds is 5. The van der Waals surface area contributed by atoms with Crippen molar-refractivity contribution in [1.82, 2.24) is 0 Å². The lowest BCUT2D eigenvalue weighted by molar-refractivity contribution is -0.126. The van der Waals surface area contributed by atoms with Crippen LogP contribution in [0.15, 0.2) is 0 Å². The third-order valence-electron chi connectivity index (χ3n) is 1.49. The maximum atomic E-state index is 10.9. The zero-order valence-corrected chi connectivity index (χ0v) is 6.59. The van der Waals surface area contributed by atoms with Crippen molar-refractivity contribution in [3.05, 3.63) is 0 Å². The summed E-state index contributed by atoms with van der Waals surface area (Å²) in [5.41, 5.74) is 0. The molecule has 0 aromatic carbocycles. The van der Waals surface area contributed by atoms with Crippen LogP contribution in [-0.4, -0.2) is 12.1 Å². The highest BCUT2D eigenvalue weighted by atomic mass is 16.1. The van der Waals surface area contributed by atoms with Gasteiger partial charge in [-0.1, -0.05) is 13.3 Å². The van der Waals surface area contributed by atoms with Crippen LogP contribution in [-0.2, 0) is 9.59 Å². The molecule has 0 heterocycles. The van der Waals surface area contributed by atoms with E-state index in [0.717, 1.165) is 12.8 Å². The van der Waals surface area contributed by atoms with Gasteiger partial charge in [-0.05, 0) is 13.3 Å². The number of ketones is 1. The lowest BCUT2D eigenvalue weighted by Crippen LogP contribution is -2.11. The van der Waals surface area contributed by atoms with Crippen LogP contribution in [0.2, 0.25) is 0 Å². The van der Waals surface area contributed by atoms with Crippen molar-refractivity contribution in [3.8, 4) is 0 Å². The summed E-state index contributed by atoms with van der Waals surface area (Å²) in [6.45, 7) is 3.67. The molecule has 0 saturated carbocycles. The molecule has 0 aliphatic carbocycles. The van der Waals surface area contributed by atoms with Gasteiger partial charge < -0.3 is 4.79 Å². The third-order valence-corrected chi connectivity index (χ3v) is 1.49. The molecule has 2 heteroatoms. The summed E-state index contributed by atoms with van der Waals surface area (Å²) in [7, 11) is 0. The van der Waals surface area contributed by atoms with E-state index in [-0.39, 0.29) is 5.78 Å². The number of hydrogen-bond donors (Lipinski definition) is 0. The topological polar surface area (TPSA) is 34.1 Å². The fourth-order valence-electron chi connectivity index (χ4n) is 0.655. The first kappa shape index (κ1) is 9.34. The lowest BCUT2D eigenvalue weighted by atomic mass is 10.0. The summed E-state index contributed by atoms with van der Waals surface area (Å²) in [6.07, 6.45) is 3.17. The van der Waals surface area contributed by atoms with E-state index in [1.54, 1.807) is 6.92 Å². The van der Waals surface area contributed by atoms with Crippen LogP contribution < -0.4 is 0 Å². The Hall–Kier alpha value is -0.660. The van der Waals surface area contributed by atoms with Gasteiger partial charge in [0.05, 0.1) is 5.92 Å². The second-order valence-corrected chi connectivity index (χ2v) is 2.49. The Morgan fingerprint density at radius 1 is 1.60 bits per heavy atom. The molecule has 2 nitrogen and oxygen atoms in total. The minimum Gasteiger partial charge on any atom is -0.303 e. The van der Waals surface area contributed by atoms with Gasteiger partial charge >= 0.3 is 0 Å². The zero-order valence-electron chi connectivity index (χ0n) is 6.59. The van der Waals surface area contributed by atoms with Crippen molar-refractivity contribution in [3.63, 3.8) is 0 Å². The quantitative estimate of drug-likeness (QED) is 0.431. The van der Waals surface area contributed by atoms with Crippen molar-refractivity contribution < 1.29 is 9.59 Å². The van der Waals surface area contributed by atoms with Gasteiger partial charge in [-0.15, -0.1) is 0 Å². The second kappa shape index (κ2) is 5.15. The molecule has 0 aromatic rings. The van der Waals surface area contributed by atoms with Crippen LogP contribution in [0.4, 0.5) is 0 Å². The second-order valence-electron chi connectivity index (χ2n) is 2.49. The van der Waals surface area contributed by atoms with E-state index in [0.29, 0.717) is 12.7 Å². The molecule has 1 atom stereocenters. The molecule has 0 amide bonds. The molecule has 0 fully saturated rings. The number of carbonyl (C=O) groups excluding carboxylic acids is 2. The van der Waals surface area contributed by atoms with Gasteiger partial charge in [-0.2, -0.15) is 0 Å². The normalized spacial score (nSPS) is 12.6. The SMILES string of the molecule is CCCCC(=O)C(C)C=O. The van der Waals surface area contributed by atoms with E-state index >= 15 is 0 Å². The molecule has 58 valence electrons. The maximum Gasteiger partial charge on any atom is 0.142 e. The highest BCUT2D eigenvalue weighted by Gasteiger charge is 2.09. The van der Waals surface area contributed by atoms with Gasteiger partial charge in [0.15, 0.2) is 0 Å². The molecule has 0 radical (unpaired) electrons. The summed E-state index contributed by atoms with van der Waals surface area (Å²) in [5.74, 6) is -0.330. The van der Waals surface area contributed by atoms with E-state index in [4.69, 9.17) is 0 Å². The molecule has 0 N–H and O–H groups in total. The first-order chi connectivity index (χ1) is 4.72. The first-order valence-electron chi connectivity index (χ1n) is 3.70. The molecule has 0 aliphatic rings. The number of Topliss-reactive ketones (excluding diaryl/α,β-unsaturated/α-hetero) is 1. The van der Waals surface area contributed by atoms with Crippen LogP contribution in [0.5, 0.6) is 0 Å².